The Morgan fingerprint density at radius 2 is 2.07 bits per heavy atom. The molecule has 0 aliphatic rings. The van der Waals surface area contributed by atoms with Crippen LogP contribution < -0.4 is 4.74 Å². The van der Waals surface area contributed by atoms with Crippen molar-refractivity contribution in [1.82, 2.24) is 0 Å². The average Bonchev–Trinajstić information content (AvgIpc) is 2.18. The first-order valence-corrected chi connectivity index (χ1v) is 4.73. The number of carbonyl (C=O) groups is 1. The second-order valence-corrected chi connectivity index (χ2v) is 3.32. The molecule has 3 nitrogen and oxygen atoms in total. The first-order valence-electron chi connectivity index (χ1n) is 3.93. The Bertz CT molecular complexity index is 319. The van der Waals surface area contributed by atoms with Gasteiger partial charge in [0.1, 0.15) is 12.4 Å². The zero-order valence-corrected chi connectivity index (χ0v) is 8.99. The van der Waals surface area contributed by atoms with Gasteiger partial charge in [-0.05, 0) is 24.3 Å². The van der Waals surface area contributed by atoms with Crippen LogP contribution in [0.5, 0.6) is 5.75 Å². The van der Waals surface area contributed by atoms with Crippen molar-refractivity contribution in [2.45, 2.75) is 0 Å². The molecular formula is C10H9BrO3. The maximum atomic E-state index is 11.0. The highest BCUT2D eigenvalue weighted by molar-refractivity contribution is 9.10. The second-order valence-electron chi connectivity index (χ2n) is 2.41. The summed E-state index contributed by atoms with van der Waals surface area (Å²) in [5.41, 5.74) is 0. The number of rotatable bonds is 3. The molecular weight excluding hydrogens is 248 g/mol. The summed E-state index contributed by atoms with van der Waals surface area (Å²) in [6, 6.07) is 6.88. The van der Waals surface area contributed by atoms with Crippen LogP contribution in [0.2, 0.25) is 0 Å². The molecule has 0 fully saturated rings. The van der Waals surface area contributed by atoms with Gasteiger partial charge >= 0.3 is 6.16 Å². The van der Waals surface area contributed by atoms with Crippen molar-refractivity contribution < 1.29 is 14.3 Å². The third-order valence-corrected chi connectivity index (χ3v) is 1.86. The highest BCUT2D eigenvalue weighted by Crippen LogP contribution is 2.16. The van der Waals surface area contributed by atoms with E-state index in [-0.39, 0.29) is 6.61 Å². The van der Waals surface area contributed by atoms with Crippen molar-refractivity contribution in [2.24, 2.45) is 0 Å². The van der Waals surface area contributed by atoms with E-state index in [0.29, 0.717) is 5.75 Å². The number of ether oxygens (including phenoxy) is 2. The Kier molecular flexibility index (Phi) is 4.19. The van der Waals surface area contributed by atoms with E-state index in [0.717, 1.165) is 4.47 Å². The summed E-state index contributed by atoms with van der Waals surface area (Å²) in [5, 5.41) is 0. The van der Waals surface area contributed by atoms with Gasteiger partial charge in [0.05, 0.1) is 0 Å². The van der Waals surface area contributed by atoms with Crippen LogP contribution >= 0.6 is 15.9 Å². The van der Waals surface area contributed by atoms with Gasteiger partial charge in [-0.2, -0.15) is 0 Å². The van der Waals surface area contributed by atoms with E-state index >= 15 is 0 Å². The van der Waals surface area contributed by atoms with Gasteiger partial charge in [-0.1, -0.05) is 28.6 Å². The SMILES string of the molecule is C=CCOC(=O)Oc1ccc(Br)cc1. The number of hydrogen-bond donors (Lipinski definition) is 0. The molecule has 1 aromatic carbocycles. The van der Waals surface area contributed by atoms with Gasteiger partial charge < -0.3 is 9.47 Å². The quantitative estimate of drug-likeness (QED) is 0.474. The lowest BCUT2D eigenvalue weighted by Gasteiger charge is -2.03. The molecule has 0 amide bonds. The molecule has 0 aromatic heterocycles. The number of hydrogen-bond acceptors (Lipinski definition) is 3. The Morgan fingerprint density at radius 3 is 2.64 bits per heavy atom. The summed E-state index contributed by atoms with van der Waals surface area (Å²) in [6.45, 7) is 3.56. The van der Waals surface area contributed by atoms with E-state index in [9.17, 15) is 4.79 Å². The van der Waals surface area contributed by atoms with Crippen molar-refractivity contribution in [3.05, 3.63) is 41.4 Å². The summed E-state index contributed by atoms with van der Waals surface area (Å²) < 4.78 is 10.4. The van der Waals surface area contributed by atoms with Gasteiger partial charge in [0.2, 0.25) is 0 Å². The molecule has 0 atom stereocenters. The minimum absolute atomic E-state index is 0.148. The van der Waals surface area contributed by atoms with Gasteiger partial charge in [0.15, 0.2) is 0 Å². The Morgan fingerprint density at radius 1 is 1.43 bits per heavy atom. The van der Waals surface area contributed by atoms with Gasteiger partial charge in [-0.15, -0.1) is 0 Å². The summed E-state index contributed by atoms with van der Waals surface area (Å²) in [4.78, 5) is 11.0. The van der Waals surface area contributed by atoms with Crippen molar-refractivity contribution in [3.63, 3.8) is 0 Å². The maximum absolute atomic E-state index is 11.0. The fraction of sp³-hybridized carbons (Fsp3) is 0.100. The molecule has 4 heteroatoms. The minimum Gasteiger partial charge on any atom is -0.430 e. The minimum atomic E-state index is -0.729. The van der Waals surface area contributed by atoms with Crippen molar-refractivity contribution >= 4 is 22.1 Å². The fourth-order valence-electron chi connectivity index (χ4n) is 0.755. The predicted octanol–water partition coefficient (Wildman–Crippen LogP) is 3.15. The van der Waals surface area contributed by atoms with E-state index in [1.54, 1.807) is 24.3 Å². The molecule has 14 heavy (non-hydrogen) atoms. The molecule has 0 saturated heterocycles. The molecule has 1 aromatic rings. The van der Waals surface area contributed by atoms with Crippen LogP contribution in [0.4, 0.5) is 4.79 Å². The highest BCUT2D eigenvalue weighted by Gasteiger charge is 2.03. The third kappa shape index (κ3) is 3.62. The number of carbonyl (C=O) groups excluding carboxylic acids is 1. The Hall–Kier alpha value is -1.29. The summed E-state index contributed by atoms with van der Waals surface area (Å²) in [7, 11) is 0. The Balaban J connectivity index is 2.47. The fourth-order valence-corrected chi connectivity index (χ4v) is 1.02. The van der Waals surface area contributed by atoms with E-state index in [2.05, 4.69) is 27.2 Å². The summed E-state index contributed by atoms with van der Waals surface area (Å²) in [6.07, 6.45) is 0.746. The van der Waals surface area contributed by atoms with Gasteiger partial charge in [-0.25, -0.2) is 4.79 Å². The maximum Gasteiger partial charge on any atom is 0.514 e. The van der Waals surface area contributed by atoms with E-state index in [1.807, 2.05) is 0 Å². The first kappa shape index (κ1) is 10.8. The molecule has 0 radical (unpaired) electrons. The second kappa shape index (κ2) is 5.44. The lowest BCUT2D eigenvalue weighted by molar-refractivity contribution is 0.109. The van der Waals surface area contributed by atoms with Crippen LogP contribution in [0.15, 0.2) is 41.4 Å². The smallest absolute Gasteiger partial charge is 0.430 e. The van der Waals surface area contributed by atoms with Gasteiger partial charge in [0.25, 0.3) is 0 Å². The lowest BCUT2D eigenvalue weighted by atomic mass is 10.3. The zero-order chi connectivity index (χ0) is 10.4. The molecule has 0 spiro atoms. The number of halogens is 1. The van der Waals surface area contributed by atoms with Crippen LogP contribution in [0.3, 0.4) is 0 Å². The van der Waals surface area contributed by atoms with Crippen LogP contribution in [-0.2, 0) is 4.74 Å². The monoisotopic (exact) mass is 256 g/mol. The van der Waals surface area contributed by atoms with Gasteiger partial charge in [0, 0.05) is 4.47 Å². The average molecular weight is 257 g/mol. The normalized spacial score (nSPS) is 9.21. The molecule has 0 bridgehead atoms. The molecule has 74 valence electrons. The van der Waals surface area contributed by atoms with Crippen molar-refractivity contribution in [1.29, 1.82) is 0 Å². The molecule has 0 N–H and O–H groups in total. The molecule has 0 aliphatic carbocycles. The largest absolute Gasteiger partial charge is 0.514 e. The van der Waals surface area contributed by atoms with E-state index < -0.39 is 6.16 Å². The predicted molar refractivity (Wildman–Crippen MR) is 56.3 cm³/mol. The summed E-state index contributed by atoms with van der Waals surface area (Å²) in [5.74, 6) is 0.447. The first-order chi connectivity index (χ1) is 6.72. The van der Waals surface area contributed by atoms with Crippen LogP contribution in [-0.4, -0.2) is 12.8 Å². The van der Waals surface area contributed by atoms with Crippen molar-refractivity contribution in [2.75, 3.05) is 6.61 Å². The van der Waals surface area contributed by atoms with Crippen molar-refractivity contribution in [3.8, 4) is 5.75 Å². The van der Waals surface area contributed by atoms with Gasteiger partial charge in [-0.3, -0.25) is 0 Å². The van der Waals surface area contributed by atoms with Crippen LogP contribution in [0, 0.1) is 0 Å². The third-order valence-electron chi connectivity index (χ3n) is 1.33. The highest BCUT2D eigenvalue weighted by atomic mass is 79.9. The van der Waals surface area contributed by atoms with E-state index in [4.69, 9.17) is 4.74 Å². The van der Waals surface area contributed by atoms with Crippen LogP contribution in [0.25, 0.3) is 0 Å². The standard InChI is InChI=1S/C10H9BrO3/c1-2-7-13-10(12)14-9-5-3-8(11)4-6-9/h2-6H,1,7H2. The molecule has 0 saturated carbocycles. The Labute approximate surface area is 90.5 Å². The van der Waals surface area contributed by atoms with Crippen LogP contribution in [0.1, 0.15) is 0 Å². The molecule has 0 aliphatic heterocycles. The number of benzene rings is 1. The molecule has 0 unspecified atom stereocenters. The summed E-state index contributed by atoms with van der Waals surface area (Å²) >= 11 is 3.27. The molecule has 1 rings (SSSR count). The van der Waals surface area contributed by atoms with E-state index in [1.165, 1.54) is 6.08 Å². The molecule has 0 heterocycles. The zero-order valence-electron chi connectivity index (χ0n) is 7.40. The lowest BCUT2D eigenvalue weighted by Crippen LogP contribution is -2.10. The topological polar surface area (TPSA) is 35.5 Å².